The maximum atomic E-state index is 13.0. The molecule has 2 amide bonds. The Labute approximate surface area is 206 Å². The Morgan fingerprint density at radius 2 is 1.60 bits per heavy atom. The first-order valence-corrected chi connectivity index (χ1v) is 12.5. The van der Waals surface area contributed by atoms with E-state index in [2.05, 4.69) is 34.9 Å². The van der Waals surface area contributed by atoms with Crippen molar-refractivity contribution in [1.29, 1.82) is 0 Å². The molecule has 0 radical (unpaired) electrons. The number of aliphatic carboxylic acids is 1. The van der Waals surface area contributed by atoms with Gasteiger partial charge in [-0.1, -0.05) is 81.6 Å². The molecule has 35 heavy (non-hydrogen) atoms. The Bertz CT molecular complexity index is 1050. The van der Waals surface area contributed by atoms with Crippen molar-refractivity contribution in [2.45, 2.75) is 57.9 Å². The van der Waals surface area contributed by atoms with Crippen LogP contribution in [0.5, 0.6) is 0 Å². The molecule has 0 bridgehead atoms. The van der Waals surface area contributed by atoms with Crippen LogP contribution in [0, 0.1) is 11.3 Å². The third kappa shape index (κ3) is 5.04. The summed E-state index contributed by atoms with van der Waals surface area (Å²) in [6, 6.07) is 15.4. The Morgan fingerprint density at radius 1 is 1.03 bits per heavy atom. The Kier molecular flexibility index (Phi) is 7.43. The molecule has 2 unspecified atom stereocenters. The van der Waals surface area contributed by atoms with E-state index >= 15 is 0 Å². The van der Waals surface area contributed by atoms with Gasteiger partial charge in [0.25, 0.3) is 0 Å². The fourth-order valence-corrected chi connectivity index (χ4v) is 5.35. The van der Waals surface area contributed by atoms with Crippen LogP contribution in [0.1, 0.15) is 63.0 Å². The van der Waals surface area contributed by atoms with Crippen LogP contribution in [0.25, 0.3) is 11.1 Å². The number of rotatable bonds is 9. The minimum Gasteiger partial charge on any atom is -0.481 e. The van der Waals surface area contributed by atoms with Gasteiger partial charge in [0.2, 0.25) is 5.91 Å². The van der Waals surface area contributed by atoms with Gasteiger partial charge in [-0.2, -0.15) is 0 Å². The van der Waals surface area contributed by atoms with Crippen molar-refractivity contribution < 1.29 is 24.2 Å². The number of fused-ring (bicyclic) bond motifs is 3. The summed E-state index contributed by atoms with van der Waals surface area (Å²) < 4.78 is 5.63. The number of carboxylic acids is 1. The zero-order valence-electron chi connectivity index (χ0n) is 20.4. The molecule has 0 aliphatic heterocycles. The molecule has 0 spiro atoms. The average molecular weight is 479 g/mol. The van der Waals surface area contributed by atoms with Crippen LogP contribution in [0.15, 0.2) is 48.5 Å². The average Bonchev–Trinajstić information content (AvgIpc) is 3.48. The predicted octanol–water partition coefficient (Wildman–Crippen LogP) is 4.70. The van der Waals surface area contributed by atoms with E-state index in [1.54, 1.807) is 0 Å². The third-order valence-corrected chi connectivity index (χ3v) is 7.73. The maximum Gasteiger partial charge on any atom is 0.407 e. The highest BCUT2D eigenvalue weighted by molar-refractivity contribution is 5.87. The molecule has 186 valence electrons. The van der Waals surface area contributed by atoms with Crippen LogP contribution in [0.2, 0.25) is 0 Å². The van der Waals surface area contributed by atoms with E-state index in [4.69, 9.17) is 4.74 Å². The fraction of sp³-hybridized carbons (Fsp3) is 0.464. The number of carbonyl (C=O) groups is 3. The number of nitrogens with one attached hydrogen (secondary N) is 2. The largest absolute Gasteiger partial charge is 0.481 e. The molecule has 2 aromatic carbocycles. The Hall–Kier alpha value is -3.35. The molecule has 7 heteroatoms. The number of hydrogen-bond acceptors (Lipinski definition) is 4. The van der Waals surface area contributed by atoms with Gasteiger partial charge in [-0.15, -0.1) is 0 Å². The zero-order valence-corrected chi connectivity index (χ0v) is 20.4. The van der Waals surface area contributed by atoms with Crippen molar-refractivity contribution in [2.24, 2.45) is 11.3 Å². The summed E-state index contributed by atoms with van der Waals surface area (Å²) in [6.45, 7) is 4.06. The summed E-state index contributed by atoms with van der Waals surface area (Å²) in [6.07, 6.45) is 2.81. The second-order valence-corrected chi connectivity index (χ2v) is 9.84. The predicted molar refractivity (Wildman–Crippen MR) is 133 cm³/mol. The number of benzene rings is 2. The first-order chi connectivity index (χ1) is 16.9. The van der Waals surface area contributed by atoms with Crippen molar-refractivity contribution >= 4 is 18.0 Å². The normalized spacial score (nSPS) is 17.7. The van der Waals surface area contributed by atoms with Crippen LogP contribution in [0.3, 0.4) is 0 Å². The standard InChI is InChI=1S/C28H34N2O5/c1-3-18(2)24(25(31)29-17-28(26(32)33)14-8-9-15-28)30-27(34)35-16-23-21-12-6-4-10-19(21)20-11-5-7-13-22(20)23/h4-7,10-13,18,23-24H,3,8-9,14-17H2,1-2H3,(H,29,31)(H,30,34)(H,32,33). The molecule has 2 aliphatic carbocycles. The molecule has 7 nitrogen and oxygen atoms in total. The molecule has 2 aliphatic rings. The van der Waals surface area contributed by atoms with E-state index in [1.165, 1.54) is 0 Å². The molecule has 2 atom stereocenters. The first kappa shape index (κ1) is 24.8. The Morgan fingerprint density at radius 3 is 2.14 bits per heavy atom. The fourth-order valence-electron chi connectivity index (χ4n) is 5.35. The SMILES string of the molecule is CCC(C)C(NC(=O)OCC1c2ccccc2-c2ccccc21)C(=O)NCC1(C(=O)O)CCCC1. The van der Waals surface area contributed by atoms with Gasteiger partial charge in [0.05, 0.1) is 5.41 Å². The minimum absolute atomic E-state index is 0.0678. The Balaban J connectivity index is 1.39. The van der Waals surface area contributed by atoms with Gasteiger partial charge in [-0.05, 0) is 41.0 Å². The number of ether oxygens (including phenoxy) is 1. The third-order valence-electron chi connectivity index (χ3n) is 7.73. The van der Waals surface area contributed by atoms with E-state index in [9.17, 15) is 19.5 Å². The monoisotopic (exact) mass is 478 g/mol. The van der Waals surface area contributed by atoms with Crippen LogP contribution in [0.4, 0.5) is 4.79 Å². The van der Waals surface area contributed by atoms with Gasteiger partial charge >= 0.3 is 12.1 Å². The second kappa shape index (κ2) is 10.5. The summed E-state index contributed by atoms with van der Waals surface area (Å²) in [4.78, 5) is 37.6. The van der Waals surface area contributed by atoms with E-state index in [-0.39, 0.29) is 30.9 Å². The molecule has 1 fully saturated rings. The van der Waals surface area contributed by atoms with Gasteiger partial charge in [-0.3, -0.25) is 9.59 Å². The summed E-state index contributed by atoms with van der Waals surface area (Å²) in [5.74, 6) is -1.46. The summed E-state index contributed by atoms with van der Waals surface area (Å²) in [5.41, 5.74) is 3.61. The molecule has 1 saturated carbocycles. The molecule has 0 aromatic heterocycles. The van der Waals surface area contributed by atoms with Crippen LogP contribution < -0.4 is 10.6 Å². The maximum absolute atomic E-state index is 13.0. The molecule has 0 heterocycles. The highest BCUT2D eigenvalue weighted by atomic mass is 16.5. The lowest BCUT2D eigenvalue weighted by molar-refractivity contribution is -0.148. The van der Waals surface area contributed by atoms with Crippen LogP contribution in [-0.4, -0.2) is 42.3 Å². The summed E-state index contributed by atoms with van der Waals surface area (Å²) in [7, 11) is 0. The molecule has 3 N–H and O–H groups in total. The van der Waals surface area contributed by atoms with Crippen molar-refractivity contribution in [3.63, 3.8) is 0 Å². The van der Waals surface area contributed by atoms with Crippen LogP contribution >= 0.6 is 0 Å². The number of hydrogen-bond donors (Lipinski definition) is 3. The van der Waals surface area contributed by atoms with Gasteiger partial charge in [0, 0.05) is 12.5 Å². The van der Waals surface area contributed by atoms with Crippen molar-refractivity contribution in [2.75, 3.05) is 13.2 Å². The van der Waals surface area contributed by atoms with Gasteiger partial charge < -0.3 is 20.5 Å². The number of carbonyl (C=O) groups excluding carboxylic acids is 2. The molecule has 2 aromatic rings. The second-order valence-electron chi connectivity index (χ2n) is 9.84. The smallest absolute Gasteiger partial charge is 0.407 e. The van der Waals surface area contributed by atoms with Crippen LogP contribution in [-0.2, 0) is 14.3 Å². The first-order valence-electron chi connectivity index (χ1n) is 12.5. The van der Waals surface area contributed by atoms with Gasteiger partial charge in [0.1, 0.15) is 12.6 Å². The quantitative estimate of drug-likeness (QED) is 0.485. The lowest BCUT2D eigenvalue weighted by atomic mass is 9.86. The molecular formula is C28H34N2O5. The molecule has 0 saturated heterocycles. The van der Waals surface area contributed by atoms with E-state index in [0.29, 0.717) is 19.3 Å². The highest BCUT2D eigenvalue weighted by Crippen LogP contribution is 2.44. The highest BCUT2D eigenvalue weighted by Gasteiger charge is 2.42. The lowest BCUT2D eigenvalue weighted by Crippen LogP contribution is -2.53. The van der Waals surface area contributed by atoms with E-state index in [1.807, 2.05) is 38.1 Å². The number of amides is 2. The molecule has 4 rings (SSSR count). The lowest BCUT2D eigenvalue weighted by Gasteiger charge is -2.28. The van der Waals surface area contributed by atoms with E-state index in [0.717, 1.165) is 35.1 Å². The number of alkyl carbamates (subject to hydrolysis) is 1. The van der Waals surface area contributed by atoms with Gasteiger partial charge in [0.15, 0.2) is 0 Å². The minimum atomic E-state index is -0.917. The summed E-state index contributed by atoms with van der Waals surface area (Å²) in [5, 5.41) is 15.2. The van der Waals surface area contributed by atoms with E-state index < -0.39 is 23.5 Å². The van der Waals surface area contributed by atoms with Crippen molar-refractivity contribution in [1.82, 2.24) is 10.6 Å². The zero-order chi connectivity index (χ0) is 25.0. The van der Waals surface area contributed by atoms with Crippen molar-refractivity contribution in [3.8, 4) is 11.1 Å². The number of carboxylic acid groups (broad SMARTS) is 1. The topological polar surface area (TPSA) is 105 Å². The summed E-state index contributed by atoms with van der Waals surface area (Å²) >= 11 is 0. The molecular weight excluding hydrogens is 444 g/mol. The van der Waals surface area contributed by atoms with Gasteiger partial charge in [-0.25, -0.2) is 4.79 Å². The van der Waals surface area contributed by atoms with Crippen molar-refractivity contribution in [3.05, 3.63) is 59.7 Å².